The molecule has 0 spiro atoms. The summed E-state index contributed by atoms with van der Waals surface area (Å²) in [6.07, 6.45) is -0.240. The van der Waals surface area contributed by atoms with Crippen LogP contribution in [0.5, 0.6) is 0 Å². The van der Waals surface area contributed by atoms with Crippen LogP contribution in [0.25, 0.3) is 0 Å². The third-order valence-corrected chi connectivity index (χ3v) is 2.72. The Morgan fingerprint density at radius 1 is 1.50 bits per heavy atom. The number of aliphatic hydroxyl groups excluding tert-OH is 1. The molecule has 9 nitrogen and oxygen atoms in total. The zero-order chi connectivity index (χ0) is 16.9. The summed E-state index contributed by atoms with van der Waals surface area (Å²) in [6.45, 7) is 5.10. The number of carboxylic acid groups (broad SMARTS) is 1. The fourth-order valence-electron chi connectivity index (χ4n) is 1.47. The zero-order valence-electron chi connectivity index (χ0n) is 12.5. The first-order valence-electron chi connectivity index (χ1n) is 6.44. The van der Waals surface area contributed by atoms with E-state index in [-0.39, 0.29) is 23.2 Å². The summed E-state index contributed by atoms with van der Waals surface area (Å²) in [5, 5.41) is 24.1. The monoisotopic (exact) mass is 333 g/mol. The van der Waals surface area contributed by atoms with E-state index in [2.05, 4.69) is 20.6 Å². The molecule has 0 aromatic carbocycles. The number of nitrogen functional groups attached to an aromatic ring is 1. The van der Waals surface area contributed by atoms with Crippen molar-refractivity contribution in [1.82, 2.24) is 15.3 Å². The average molecular weight is 334 g/mol. The highest BCUT2D eigenvalue weighted by atomic mass is 35.5. The van der Waals surface area contributed by atoms with E-state index in [9.17, 15) is 9.90 Å². The maximum absolute atomic E-state index is 11.2. The number of rotatable bonds is 7. The van der Waals surface area contributed by atoms with E-state index in [1.54, 1.807) is 20.8 Å². The number of ether oxygens (including phenoxy) is 1. The van der Waals surface area contributed by atoms with Crippen molar-refractivity contribution in [3.8, 4) is 0 Å². The molecule has 10 heteroatoms. The first kappa shape index (κ1) is 18.4. The lowest BCUT2D eigenvalue weighted by molar-refractivity contribution is -0.188. The molecule has 0 aliphatic heterocycles. The van der Waals surface area contributed by atoms with Crippen molar-refractivity contribution in [2.24, 2.45) is 0 Å². The minimum absolute atomic E-state index is 0.0634. The molecule has 1 rings (SSSR count). The number of nitrogens with one attached hydrogen (secondary N) is 2. The van der Waals surface area contributed by atoms with Crippen LogP contribution in [0.3, 0.4) is 0 Å². The van der Waals surface area contributed by atoms with Crippen LogP contribution in [0.4, 0.5) is 11.5 Å². The number of aromatic nitrogens is 2. The van der Waals surface area contributed by atoms with Gasteiger partial charge in [-0.05, 0) is 20.8 Å². The van der Waals surface area contributed by atoms with Gasteiger partial charge in [-0.2, -0.15) is 0 Å². The molecule has 0 aliphatic carbocycles. The molecule has 2 unspecified atom stereocenters. The van der Waals surface area contributed by atoms with Crippen molar-refractivity contribution < 1.29 is 19.7 Å². The number of carbonyl (C=O) groups is 1. The van der Waals surface area contributed by atoms with Crippen LogP contribution in [0.2, 0.25) is 5.15 Å². The maximum atomic E-state index is 11.2. The van der Waals surface area contributed by atoms with Crippen LogP contribution in [-0.4, -0.2) is 50.8 Å². The lowest BCUT2D eigenvalue weighted by Crippen LogP contribution is -2.50. The molecule has 0 saturated heterocycles. The van der Waals surface area contributed by atoms with E-state index in [1.165, 1.54) is 6.33 Å². The van der Waals surface area contributed by atoms with Gasteiger partial charge < -0.3 is 26.0 Å². The van der Waals surface area contributed by atoms with Crippen LogP contribution in [0.15, 0.2) is 6.33 Å². The molecule has 0 fully saturated rings. The molecule has 22 heavy (non-hydrogen) atoms. The van der Waals surface area contributed by atoms with Gasteiger partial charge >= 0.3 is 5.97 Å². The van der Waals surface area contributed by atoms with Gasteiger partial charge in [-0.15, -0.1) is 0 Å². The Bertz CT molecular complexity index is 523. The summed E-state index contributed by atoms with van der Waals surface area (Å²) in [4.78, 5) is 18.8. The Hall–Kier alpha value is -1.68. The van der Waals surface area contributed by atoms with E-state index in [1.807, 2.05) is 0 Å². The van der Waals surface area contributed by atoms with Crippen LogP contribution in [0, 0.1) is 0 Å². The smallest absolute Gasteiger partial charge is 0.322 e. The topological polar surface area (TPSA) is 143 Å². The van der Waals surface area contributed by atoms with E-state index >= 15 is 0 Å². The molecule has 6 N–H and O–H groups in total. The van der Waals surface area contributed by atoms with Gasteiger partial charge in [0.15, 0.2) is 11.0 Å². The number of aliphatic hydroxyl groups is 1. The average Bonchev–Trinajstić information content (AvgIpc) is 2.36. The van der Waals surface area contributed by atoms with Gasteiger partial charge in [0, 0.05) is 6.54 Å². The second-order valence-electron chi connectivity index (χ2n) is 5.45. The van der Waals surface area contributed by atoms with Gasteiger partial charge in [0.25, 0.3) is 0 Å². The molecule has 0 saturated carbocycles. The summed E-state index contributed by atoms with van der Waals surface area (Å²) in [6, 6.07) is -1.13. The number of nitrogens with two attached hydrogens (primary N) is 1. The summed E-state index contributed by atoms with van der Waals surface area (Å²) in [5.41, 5.74) is 5.15. The normalized spacial score (nSPS) is 14.4. The third-order valence-electron chi connectivity index (χ3n) is 2.42. The number of anilines is 2. The van der Waals surface area contributed by atoms with Crippen molar-refractivity contribution in [2.45, 2.75) is 38.8 Å². The fourth-order valence-corrected chi connectivity index (χ4v) is 1.61. The summed E-state index contributed by atoms with van der Waals surface area (Å²) in [5.74, 6) is -0.970. The zero-order valence-corrected chi connectivity index (χ0v) is 13.3. The molecule has 124 valence electrons. The molecule has 0 radical (unpaired) electrons. The van der Waals surface area contributed by atoms with E-state index in [0.717, 1.165) is 0 Å². The highest BCUT2D eigenvalue weighted by Gasteiger charge is 2.24. The number of hydrogen-bond acceptors (Lipinski definition) is 8. The van der Waals surface area contributed by atoms with E-state index < -0.39 is 24.0 Å². The van der Waals surface area contributed by atoms with Crippen molar-refractivity contribution in [3.63, 3.8) is 0 Å². The minimum Gasteiger partial charge on any atom is -0.480 e. The second-order valence-corrected chi connectivity index (χ2v) is 5.81. The standard InChI is InChI=1S/C12H20ClN5O4/c1-12(2,3)22-11(21)18-6(10(19)20)4-15-9-7(14)8(13)16-5-17-9/h5-6,11,18,21H,4,14H2,1-3H3,(H,19,20)(H,15,16,17). The predicted molar refractivity (Wildman–Crippen MR) is 81.3 cm³/mol. The molecule has 1 heterocycles. The first-order valence-corrected chi connectivity index (χ1v) is 6.82. The van der Waals surface area contributed by atoms with Gasteiger partial charge in [0.05, 0.1) is 5.60 Å². The van der Waals surface area contributed by atoms with Crippen LogP contribution >= 0.6 is 11.6 Å². The van der Waals surface area contributed by atoms with E-state index in [0.29, 0.717) is 0 Å². The predicted octanol–water partition coefficient (Wildman–Crippen LogP) is 0.258. The third kappa shape index (κ3) is 5.98. The Balaban J connectivity index is 2.65. The number of carboxylic acids is 1. The van der Waals surface area contributed by atoms with Gasteiger partial charge in [-0.3, -0.25) is 10.1 Å². The lowest BCUT2D eigenvalue weighted by atomic mass is 10.2. The molecule has 0 bridgehead atoms. The highest BCUT2D eigenvalue weighted by Crippen LogP contribution is 2.21. The second kappa shape index (κ2) is 7.54. The van der Waals surface area contributed by atoms with Crippen molar-refractivity contribution in [1.29, 1.82) is 0 Å². The number of halogens is 1. The Kier molecular flexibility index (Phi) is 6.30. The van der Waals surface area contributed by atoms with E-state index in [4.69, 9.17) is 27.2 Å². The van der Waals surface area contributed by atoms with Crippen molar-refractivity contribution in [3.05, 3.63) is 11.5 Å². The molecule has 2 atom stereocenters. The maximum Gasteiger partial charge on any atom is 0.322 e. The van der Waals surface area contributed by atoms with Crippen molar-refractivity contribution >= 4 is 29.1 Å². The molecule has 1 aromatic heterocycles. The molecule has 0 aliphatic rings. The van der Waals surface area contributed by atoms with Gasteiger partial charge in [-0.1, -0.05) is 11.6 Å². The highest BCUT2D eigenvalue weighted by molar-refractivity contribution is 6.32. The SMILES string of the molecule is CC(C)(C)OC(O)NC(CNc1ncnc(Cl)c1N)C(=O)O. The minimum atomic E-state index is -1.44. The van der Waals surface area contributed by atoms with Gasteiger partial charge in [0.1, 0.15) is 18.1 Å². The van der Waals surface area contributed by atoms with Crippen molar-refractivity contribution in [2.75, 3.05) is 17.6 Å². The number of aliphatic carboxylic acids is 1. The summed E-state index contributed by atoms with van der Waals surface area (Å²) < 4.78 is 5.20. The quantitative estimate of drug-likeness (QED) is 0.350. The molecule has 0 amide bonds. The lowest BCUT2D eigenvalue weighted by Gasteiger charge is -2.26. The fraction of sp³-hybridized carbons (Fsp3) is 0.583. The van der Waals surface area contributed by atoms with Gasteiger partial charge in [-0.25, -0.2) is 9.97 Å². The van der Waals surface area contributed by atoms with Gasteiger partial charge in [0.2, 0.25) is 6.41 Å². The largest absolute Gasteiger partial charge is 0.480 e. The summed E-state index contributed by atoms with van der Waals surface area (Å²) in [7, 11) is 0. The summed E-state index contributed by atoms with van der Waals surface area (Å²) >= 11 is 5.74. The molecular weight excluding hydrogens is 314 g/mol. The first-order chi connectivity index (χ1) is 10.1. The Morgan fingerprint density at radius 3 is 2.68 bits per heavy atom. The number of hydrogen-bond donors (Lipinski definition) is 5. The molecule has 1 aromatic rings. The Morgan fingerprint density at radius 2 is 2.14 bits per heavy atom. The van der Waals surface area contributed by atoms with Crippen LogP contribution in [-0.2, 0) is 9.53 Å². The molecular formula is C12H20ClN5O4. The number of nitrogens with zero attached hydrogens (tertiary/aromatic N) is 2. The van der Waals surface area contributed by atoms with Crippen LogP contribution in [0.1, 0.15) is 20.8 Å². The Labute approximate surface area is 132 Å². The van der Waals surface area contributed by atoms with Crippen LogP contribution < -0.4 is 16.4 Å².